The Morgan fingerprint density at radius 2 is 1.96 bits per heavy atom. The van der Waals surface area contributed by atoms with Gasteiger partial charge < -0.3 is 16.0 Å². The van der Waals surface area contributed by atoms with E-state index in [0.717, 1.165) is 6.42 Å². The summed E-state index contributed by atoms with van der Waals surface area (Å²) in [6.45, 7) is 0.714. The van der Waals surface area contributed by atoms with Crippen molar-refractivity contribution in [3.63, 3.8) is 0 Å². The smallest absolute Gasteiger partial charge is 0.230 e. The fourth-order valence-electron chi connectivity index (χ4n) is 2.45. The van der Waals surface area contributed by atoms with Crippen LogP contribution < -0.4 is 11.1 Å². The van der Waals surface area contributed by atoms with Crippen molar-refractivity contribution in [3.05, 3.63) is 54.4 Å². The molecule has 0 amide bonds. The van der Waals surface area contributed by atoms with E-state index in [9.17, 15) is 0 Å². The van der Waals surface area contributed by atoms with Gasteiger partial charge >= 0.3 is 0 Å². The molecule has 4 rings (SSSR count). The molecular formula is C16H16N8. The number of H-pyrrole nitrogens is 1. The summed E-state index contributed by atoms with van der Waals surface area (Å²) in [5, 5.41) is 7.33. The van der Waals surface area contributed by atoms with Crippen LogP contribution in [0.15, 0.2) is 48.8 Å². The Labute approximate surface area is 137 Å². The van der Waals surface area contributed by atoms with E-state index >= 15 is 0 Å². The van der Waals surface area contributed by atoms with Crippen LogP contribution in [0.2, 0.25) is 0 Å². The van der Waals surface area contributed by atoms with Crippen molar-refractivity contribution in [1.29, 1.82) is 0 Å². The molecule has 0 unspecified atom stereocenters. The fourth-order valence-corrected chi connectivity index (χ4v) is 2.45. The summed E-state index contributed by atoms with van der Waals surface area (Å²) in [5.41, 5.74) is 8.38. The zero-order valence-corrected chi connectivity index (χ0v) is 12.8. The van der Waals surface area contributed by atoms with Gasteiger partial charge in [0.1, 0.15) is 5.52 Å². The maximum Gasteiger partial charge on any atom is 0.230 e. The summed E-state index contributed by atoms with van der Waals surface area (Å²) >= 11 is 0. The van der Waals surface area contributed by atoms with Crippen molar-refractivity contribution in [2.45, 2.75) is 6.42 Å². The molecule has 4 N–H and O–H groups in total. The minimum atomic E-state index is 0.355. The van der Waals surface area contributed by atoms with Gasteiger partial charge in [-0.15, -0.1) is 0 Å². The highest BCUT2D eigenvalue weighted by molar-refractivity contribution is 5.83. The molecular weight excluding hydrogens is 304 g/mol. The Hall–Kier alpha value is -3.42. The summed E-state index contributed by atoms with van der Waals surface area (Å²) in [5.74, 6) is 1.37. The lowest BCUT2D eigenvalue weighted by Gasteiger charge is -2.05. The number of hydrogen-bond acceptors (Lipinski definition) is 6. The Morgan fingerprint density at radius 3 is 2.75 bits per heavy atom. The maximum atomic E-state index is 6.01. The number of imidazole rings is 1. The Bertz CT molecular complexity index is 943. The highest BCUT2D eigenvalue weighted by Gasteiger charge is 2.11. The molecule has 3 heterocycles. The van der Waals surface area contributed by atoms with Gasteiger partial charge in [-0.2, -0.15) is 20.1 Å². The van der Waals surface area contributed by atoms with Crippen LogP contribution in [0.25, 0.3) is 17.1 Å². The van der Waals surface area contributed by atoms with Crippen LogP contribution in [-0.2, 0) is 6.42 Å². The van der Waals surface area contributed by atoms with Gasteiger partial charge in [-0.1, -0.05) is 30.3 Å². The van der Waals surface area contributed by atoms with E-state index < -0.39 is 0 Å². The minimum Gasteiger partial charge on any atom is -0.382 e. The van der Waals surface area contributed by atoms with Crippen LogP contribution >= 0.6 is 0 Å². The van der Waals surface area contributed by atoms with Gasteiger partial charge in [0, 0.05) is 18.9 Å². The Balaban J connectivity index is 1.54. The quantitative estimate of drug-likeness (QED) is 0.517. The van der Waals surface area contributed by atoms with Crippen molar-refractivity contribution >= 4 is 22.9 Å². The second kappa shape index (κ2) is 5.99. The number of nitrogens with two attached hydrogens (primary N) is 1. The van der Waals surface area contributed by atoms with Gasteiger partial charge in [0.2, 0.25) is 11.9 Å². The van der Waals surface area contributed by atoms with Crippen LogP contribution in [-0.4, -0.2) is 36.3 Å². The zero-order chi connectivity index (χ0) is 16.4. The minimum absolute atomic E-state index is 0.355. The third kappa shape index (κ3) is 2.76. The standard InChI is InChI=1S/C16H16N8/c17-13-12-14(23-16(20-12)24-10-4-8-19-24)22-15(21-13)18-9-7-11-5-2-1-3-6-11/h1-6,8,10H,7,9H2,(H4,17,18,20,21,22,23). The van der Waals surface area contributed by atoms with Crippen LogP contribution in [0.1, 0.15) is 5.56 Å². The van der Waals surface area contributed by atoms with Gasteiger partial charge in [0.25, 0.3) is 0 Å². The van der Waals surface area contributed by atoms with E-state index in [2.05, 4.69) is 42.5 Å². The third-order valence-corrected chi connectivity index (χ3v) is 3.63. The molecule has 8 heteroatoms. The third-order valence-electron chi connectivity index (χ3n) is 3.63. The highest BCUT2D eigenvalue weighted by Crippen LogP contribution is 2.18. The number of nitrogen functional groups attached to an aromatic ring is 1. The van der Waals surface area contributed by atoms with Crippen molar-refractivity contribution in [2.75, 3.05) is 17.6 Å². The molecule has 0 bridgehead atoms. The molecule has 1 aromatic carbocycles. The highest BCUT2D eigenvalue weighted by atomic mass is 15.3. The van der Waals surface area contributed by atoms with E-state index in [1.54, 1.807) is 17.1 Å². The Morgan fingerprint density at radius 1 is 1.08 bits per heavy atom. The predicted molar refractivity (Wildman–Crippen MR) is 91.9 cm³/mol. The second-order valence-electron chi connectivity index (χ2n) is 5.30. The average Bonchev–Trinajstić information content (AvgIpc) is 3.25. The molecule has 24 heavy (non-hydrogen) atoms. The van der Waals surface area contributed by atoms with Crippen LogP contribution in [0.4, 0.5) is 11.8 Å². The number of nitrogens with zero attached hydrogens (tertiary/aromatic N) is 5. The summed E-state index contributed by atoms with van der Waals surface area (Å²) in [6, 6.07) is 12.0. The summed E-state index contributed by atoms with van der Waals surface area (Å²) in [6.07, 6.45) is 4.35. The molecule has 0 fully saturated rings. The van der Waals surface area contributed by atoms with Gasteiger partial charge in [0.15, 0.2) is 11.5 Å². The Kier molecular flexibility index (Phi) is 3.54. The first-order valence-corrected chi connectivity index (χ1v) is 7.60. The molecule has 8 nitrogen and oxygen atoms in total. The lowest BCUT2D eigenvalue weighted by atomic mass is 10.1. The predicted octanol–water partition coefficient (Wildman–Crippen LogP) is 1.78. The molecule has 0 atom stereocenters. The first-order chi connectivity index (χ1) is 11.8. The maximum absolute atomic E-state index is 6.01. The van der Waals surface area contributed by atoms with E-state index in [-0.39, 0.29) is 0 Å². The van der Waals surface area contributed by atoms with Gasteiger partial charge in [-0.25, -0.2) is 4.68 Å². The summed E-state index contributed by atoms with van der Waals surface area (Å²) in [7, 11) is 0. The SMILES string of the molecule is Nc1nc(NCCc2ccccc2)nc2nc(-n3cccn3)[nH]c12. The summed E-state index contributed by atoms with van der Waals surface area (Å²) in [4.78, 5) is 16.2. The van der Waals surface area contributed by atoms with Crippen LogP contribution in [0.5, 0.6) is 0 Å². The van der Waals surface area contributed by atoms with Crippen molar-refractivity contribution in [3.8, 4) is 5.95 Å². The number of benzene rings is 1. The number of rotatable bonds is 5. The molecule has 0 spiro atoms. The number of anilines is 2. The lowest BCUT2D eigenvalue weighted by Crippen LogP contribution is -2.09. The van der Waals surface area contributed by atoms with Gasteiger partial charge in [0.05, 0.1) is 0 Å². The van der Waals surface area contributed by atoms with Crippen molar-refractivity contribution in [1.82, 2.24) is 29.7 Å². The lowest BCUT2D eigenvalue weighted by molar-refractivity contribution is 0.828. The normalized spacial score (nSPS) is 11.0. The van der Waals surface area contributed by atoms with Crippen LogP contribution in [0, 0.1) is 0 Å². The number of fused-ring (bicyclic) bond motifs is 1. The molecule has 0 aliphatic heterocycles. The first kappa shape index (κ1) is 14.2. The van der Waals surface area contributed by atoms with E-state index in [0.29, 0.717) is 35.4 Å². The molecule has 4 aromatic rings. The molecule has 0 aliphatic carbocycles. The fraction of sp³-hybridized carbons (Fsp3) is 0.125. The van der Waals surface area contributed by atoms with E-state index in [1.807, 2.05) is 24.3 Å². The first-order valence-electron chi connectivity index (χ1n) is 7.60. The van der Waals surface area contributed by atoms with E-state index in [4.69, 9.17) is 5.73 Å². The van der Waals surface area contributed by atoms with Crippen LogP contribution in [0.3, 0.4) is 0 Å². The molecule has 3 aromatic heterocycles. The zero-order valence-electron chi connectivity index (χ0n) is 12.8. The topological polar surface area (TPSA) is 110 Å². The molecule has 0 radical (unpaired) electrons. The molecule has 120 valence electrons. The van der Waals surface area contributed by atoms with Gasteiger partial charge in [-0.05, 0) is 18.1 Å². The number of nitrogens with one attached hydrogen (secondary N) is 2. The second-order valence-corrected chi connectivity index (χ2v) is 5.30. The average molecular weight is 320 g/mol. The number of aromatic amines is 1. The monoisotopic (exact) mass is 320 g/mol. The van der Waals surface area contributed by atoms with Crippen molar-refractivity contribution < 1.29 is 0 Å². The number of aromatic nitrogens is 6. The molecule has 0 aliphatic rings. The van der Waals surface area contributed by atoms with E-state index in [1.165, 1.54) is 5.56 Å². The molecule has 0 saturated carbocycles. The number of hydrogen-bond donors (Lipinski definition) is 3. The van der Waals surface area contributed by atoms with Crippen molar-refractivity contribution in [2.24, 2.45) is 0 Å². The van der Waals surface area contributed by atoms with Gasteiger partial charge in [-0.3, -0.25) is 0 Å². The molecule has 0 saturated heterocycles. The summed E-state index contributed by atoms with van der Waals surface area (Å²) < 4.78 is 1.61. The largest absolute Gasteiger partial charge is 0.382 e.